The van der Waals surface area contributed by atoms with Gasteiger partial charge in [-0.2, -0.15) is 0 Å². The number of hydrogen-bond donors (Lipinski definition) is 5. The Balaban J connectivity index is 0.000000152. The van der Waals surface area contributed by atoms with Crippen molar-refractivity contribution in [2.75, 3.05) is 7.11 Å². The monoisotopic (exact) mass is 1690 g/mol. The van der Waals surface area contributed by atoms with Gasteiger partial charge in [-0.1, -0.05) is 212 Å². The summed E-state index contributed by atoms with van der Waals surface area (Å²) in [6, 6.07) is 90.1. The van der Waals surface area contributed by atoms with Gasteiger partial charge in [-0.3, -0.25) is 24.5 Å². The number of ether oxygens (including phenoxy) is 1. The van der Waals surface area contributed by atoms with Crippen molar-refractivity contribution >= 4 is 123 Å². The van der Waals surface area contributed by atoms with Crippen LogP contribution in [0.4, 0.5) is 0 Å². The second-order valence-corrected chi connectivity index (χ2v) is 32.3. The molecule has 12 aromatic carbocycles. The van der Waals surface area contributed by atoms with Gasteiger partial charge in [-0.15, -0.1) is 22.7 Å². The third kappa shape index (κ3) is 26.2. The topological polar surface area (TPSA) is 373 Å². The normalized spacial score (nSPS) is 13.2. The van der Waals surface area contributed by atoms with Crippen LogP contribution in [0.25, 0.3) is 42.1 Å². The third-order valence-corrected chi connectivity index (χ3v) is 21.7. The number of thiophene rings is 2. The van der Waals surface area contributed by atoms with Crippen molar-refractivity contribution in [2.24, 2.45) is 0 Å². The Hall–Kier alpha value is -12.1. The lowest BCUT2D eigenvalue weighted by molar-refractivity contribution is 0.0665. The Kier molecular flexibility index (Phi) is 29.4. The van der Waals surface area contributed by atoms with E-state index in [4.69, 9.17) is 31.9 Å². The Labute approximate surface area is 665 Å². The van der Waals surface area contributed by atoms with E-state index in [0.29, 0.717) is 11.1 Å². The smallest absolute Gasteiger partial charge is 0.496 e. The zero-order chi connectivity index (χ0) is 82.2. The van der Waals surface area contributed by atoms with Gasteiger partial charge in [0, 0.05) is 9.40 Å². The molecule has 588 valence electrons. The van der Waals surface area contributed by atoms with Crippen LogP contribution in [0.5, 0.6) is 34.5 Å². The molecule has 5 N–H and O–H groups in total. The highest BCUT2D eigenvalue weighted by molar-refractivity contribution is 7.49. The van der Waals surface area contributed by atoms with Crippen LogP contribution in [0, 0.1) is 13.8 Å². The summed E-state index contributed by atoms with van der Waals surface area (Å²) in [4.78, 5) is 109. The molecule has 14 aromatic rings. The Morgan fingerprint density at radius 2 is 0.617 bits per heavy atom. The quantitative estimate of drug-likeness (QED) is 0.0393. The molecule has 2 heterocycles. The van der Waals surface area contributed by atoms with Crippen LogP contribution in [-0.2, 0) is 45.4 Å². The number of rotatable bonds is 22. The summed E-state index contributed by atoms with van der Waals surface area (Å²) in [6.07, 6.45) is 0. The molecule has 5 unspecified atom stereocenters. The average Bonchev–Trinajstić information content (AvgIpc) is 1.78. The number of fused-ring (bicyclic) bond motifs is 3. The van der Waals surface area contributed by atoms with Crippen LogP contribution in [-0.4, -0.2) is 61.4 Å². The Morgan fingerprint density at radius 3 is 1.03 bits per heavy atom. The Bertz CT molecular complexity index is 5880. The van der Waals surface area contributed by atoms with Gasteiger partial charge in [-0.05, 0) is 167 Å². The van der Waals surface area contributed by atoms with Crippen molar-refractivity contribution in [1.29, 1.82) is 0 Å². The van der Waals surface area contributed by atoms with Crippen molar-refractivity contribution in [1.82, 2.24) is 0 Å². The highest BCUT2D eigenvalue weighted by atomic mass is 32.1. The summed E-state index contributed by atoms with van der Waals surface area (Å²) in [5.41, 5.74) is 3.71. The number of hydrogen-bond acceptors (Lipinski definition) is 23. The molecular weight excluding hydrogens is 1620 g/mol. The number of methoxy groups -OCH3 is 1. The fourth-order valence-electron chi connectivity index (χ4n) is 10.2. The number of phosphoric acid groups is 5. The number of benzene rings is 12. The molecule has 0 saturated carbocycles. The van der Waals surface area contributed by atoms with Crippen molar-refractivity contribution in [2.45, 2.75) is 13.8 Å². The standard InChI is InChI=1S/C19H13O5PS.C19H15O5P.C15H11O5PS.C15H15O5P.C14H13O6P/c20-19(18-12-15-7-3-4-8-17(15)26-18)24-25(21,22)23-16-10-9-13-5-1-2-6-14(13)11-16;20-19(24-25(21,22)23-18-9-5-2-6-10-18)17-13-11-16(12-14-17)15-7-3-1-4-8-15;16-15(14-10-11-6-4-5-9-13(11)22-14)20-21(17,18)19-12-7-2-1-3-8-12;1-11-7-6-8-12(2)14(11)15(16)20-21(17,18)19-13-9-4-3-5-10-13;1-18-13-10-6-5-9-12(13)14(15)20-21(16,17)19-11-7-3-2-4-8-11/h1-12H,(H,21,22);1-14H,(H,21,22);1-10H,(H,17,18);3-10H,1-2H3,(H,17,18);2-10H,1H3,(H,16,17). The largest absolute Gasteiger partial charge is 0.587 e. The molecular formula is C82H67O26P5S2. The first-order valence-corrected chi connectivity index (χ1v) is 42.9. The van der Waals surface area contributed by atoms with Crippen molar-refractivity contribution in [3.63, 3.8) is 0 Å². The molecule has 0 aliphatic carbocycles. The average molecular weight is 1690 g/mol. The third-order valence-electron chi connectivity index (χ3n) is 15.3. The maximum atomic E-state index is 12.2. The molecule has 2 aromatic heterocycles. The zero-order valence-corrected chi connectivity index (χ0v) is 66.6. The van der Waals surface area contributed by atoms with Crippen LogP contribution in [0.3, 0.4) is 0 Å². The van der Waals surface area contributed by atoms with E-state index >= 15 is 0 Å². The van der Waals surface area contributed by atoms with Gasteiger partial charge in [0.25, 0.3) is 0 Å². The molecule has 0 radical (unpaired) electrons. The first kappa shape index (κ1) is 85.3. The maximum Gasteiger partial charge on any atom is 0.587 e. The second-order valence-electron chi connectivity index (χ2n) is 23.7. The lowest BCUT2D eigenvalue weighted by Gasteiger charge is -2.14. The summed E-state index contributed by atoms with van der Waals surface area (Å²) in [7, 11) is -21.4. The van der Waals surface area contributed by atoms with Crippen LogP contribution < -0.4 is 27.4 Å². The number of carbonyl (C=O) groups excluding carboxylic acids is 5. The van der Waals surface area contributed by atoms with E-state index < -0.39 is 69.0 Å². The molecule has 0 saturated heterocycles. The fourth-order valence-corrected chi connectivity index (χ4v) is 15.9. The first-order chi connectivity index (χ1) is 55.0. The summed E-state index contributed by atoms with van der Waals surface area (Å²) in [5, 5.41) is 3.56. The maximum absolute atomic E-state index is 12.2. The van der Waals surface area contributed by atoms with Crippen LogP contribution in [0.2, 0.25) is 0 Å². The van der Waals surface area contributed by atoms with Crippen molar-refractivity contribution < 1.29 is 121 Å². The number of carbonyl (C=O) groups is 5. The molecule has 14 rings (SSSR count). The summed E-state index contributed by atoms with van der Waals surface area (Å²) < 4.78 is 114. The van der Waals surface area contributed by atoms with E-state index in [1.165, 1.54) is 103 Å². The molecule has 115 heavy (non-hydrogen) atoms. The molecule has 0 fully saturated rings. The molecule has 0 aliphatic heterocycles. The van der Waals surface area contributed by atoms with Crippen LogP contribution >= 0.6 is 61.8 Å². The van der Waals surface area contributed by atoms with Crippen molar-refractivity contribution in [3.05, 3.63) is 359 Å². The van der Waals surface area contributed by atoms with Gasteiger partial charge < -0.3 is 50.0 Å². The summed E-state index contributed by atoms with van der Waals surface area (Å²) in [5.74, 6) is -3.64. The number of para-hydroxylation sites is 5. The second kappa shape index (κ2) is 39.6. The van der Waals surface area contributed by atoms with E-state index in [2.05, 4.69) is 18.1 Å². The molecule has 5 atom stereocenters. The minimum Gasteiger partial charge on any atom is -0.496 e. The fraction of sp³-hybridized carbons (Fsp3) is 0.0366. The Morgan fingerprint density at radius 1 is 0.287 bits per heavy atom. The minimum atomic E-state index is -4.60. The van der Waals surface area contributed by atoms with E-state index in [1.807, 2.05) is 103 Å². The molecule has 0 amide bonds. The predicted molar refractivity (Wildman–Crippen MR) is 433 cm³/mol. The van der Waals surface area contributed by atoms with E-state index in [1.54, 1.807) is 159 Å². The lowest BCUT2D eigenvalue weighted by atomic mass is 10.0. The number of phosphoric ester groups is 5. The highest BCUT2D eigenvalue weighted by Gasteiger charge is 2.35. The van der Waals surface area contributed by atoms with Gasteiger partial charge in [0.15, 0.2) is 0 Å². The SMILES string of the molecule is COc1ccccc1C(=O)OP(=O)(O)Oc1ccccc1.Cc1cccc(C)c1C(=O)OP(=O)(O)Oc1ccccc1.O=C(OP(=O)(O)Oc1ccc2ccccc2c1)c1cc2ccccc2s1.O=C(OP(=O)(O)Oc1ccccc1)c1cc2ccccc2s1.O=C(OP(=O)(O)Oc1ccccc1)c1ccc(-c2ccccc2)cc1. The van der Waals surface area contributed by atoms with Crippen LogP contribution in [0.1, 0.15) is 61.5 Å². The van der Waals surface area contributed by atoms with E-state index in [0.717, 1.165) is 42.1 Å². The van der Waals surface area contributed by atoms with Gasteiger partial charge in [-0.25, -0.2) is 46.8 Å². The van der Waals surface area contributed by atoms with Crippen molar-refractivity contribution in [3.8, 4) is 45.6 Å². The first-order valence-electron chi connectivity index (χ1n) is 33.8. The minimum absolute atomic E-state index is 0.0333. The molecule has 0 aliphatic rings. The highest BCUT2D eigenvalue weighted by Crippen LogP contribution is 2.50. The molecule has 33 heteroatoms. The van der Waals surface area contributed by atoms with Crippen LogP contribution in [0.15, 0.2) is 322 Å². The predicted octanol–water partition coefficient (Wildman–Crippen LogP) is 21.0. The zero-order valence-electron chi connectivity index (χ0n) is 60.5. The van der Waals surface area contributed by atoms with Gasteiger partial charge >= 0.3 is 69.0 Å². The lowest BCUT2D eigenvalue weighted by Crippen LogP contribution is -2.09. The summed E-state index contributed by atoms with van der Waals surface area (Å²) in [6.45, 7) is 3.45. The van der Waals surface area contributed by atoms with E-state index in [-0.39, 0.29) is 60.9 Å². The van der Waals surface area contributed by atoms with Gasteiger partial charge in [0.1, 0.15) is 49.8 Å². The van der Waals surface area contributed by atoms with Gasteiger partial charge in [0.05, 0.1) is 18.2 Å². The summed E-state index contributed by atoms with van der Waals surface area (Å²) >= 11 is 2.38. The molecule has 0 spiro atoms. The number of aryl methyl sites for hydroxylation is 2. The molecule has 26 nitrogen and oxygen atoms in total. The van der Waals surface area contributed by atoms with Gasteiger partial charge in [0.2, 0.25) is 0 Å². The molecule has 0 bridgehead atoms. The van der Waals surface area contributed by atoms with E-state index in [9.17, 15) is 71.3 Å².